The largest absolute Gasteiger partial charge is 1.00 e. The lowest BCUT2D eigenvalue weighted by atomic mass is 10.0. The lowest BCUT2D eigenvalue weighted by Gasteiger charge is -2.55. The average molecular weight is 1110 g/mol. The molecule has 0 atom stereocenters. The Bertz CT molecular complexity index is 1680. The molecule has 0 saturated carbocycles. The molecule has 0 aliphatic carbocycles. The van der Waals surface area contributed by atoms with Crippen LogP contribution in [0.4, 0.5) is 0 Å². The number of piperazine rings is 6. The molecule has 6 aliphatic rings. The van der Waals surface area contributed by atoms with E-state index in [2.05, 4.69) is 110 Å². The highest BCUT2D eigenvalue weighted by molar-refractivity contribution is 5.48. The van der Waals surface area contributed by atoms with Gasteiger partial charge in [0, 0.05) is 35.1 Å². The van der Waals surface area contributed by atoms with Gasteiger partial charge in [-0.1, -0.05) is 63.2 Å². The third kappa shape index (κ3) is 15.6. The Morgan fingerprint density at radius 2 is 0.581 bits per heavy atom. The Kier molecular flexibility index (Phi) is 23.7. The molecule has 0 aromatic heterocycles. The number of halogens is 4. The Hall–Kier alpha value is -1.86. The predicted octanol–water partition coefficient (Wildman–Crippen LogP) is -3.48. The summed E-state index contributed by atoms with van der Waals surface area (Å²) < 4.78 is 17.8. The van der Waals surface area contributed by atoms with Gasteiger partial charge in [0.25, 0.3) is 0 Å². The van der Waals surface area contributed by atoms with Gasteiger partial charge in [0.1, 0.15) is 90.0 Å². The van der Waals surface area contributed by atoms with Gasteiger partial charge >= 0.3 is 0 Å². The van der Waals surface area contributed by atoms with Gasteiger partial charge in [0.15, 0.2) is 0 Å². The third-order valence-electron chi connectivity index (χ3n) is 14.7. The Labute approximate surface area is 418 Å². The summed E-state index contributed by atoms with van der Waals surface area (Å²) in [7, 11) is 0. The third-order valence-corrected chi connectivity index (χ3v) is 14.7. The number of fused-ring (bicyclic) bond motifs is 6. The number of rotatable bonds is 20. The first kappa shape index (κ1) is 54.5. The first-order valence-corrected chi connectivity index (χ1v) is 23.4. The van der Waals surface area contributed by atoms with Crippen molar-refractivity contribution in [2.75, 3.05) is 118 Å². The summed E-state index contributed by atoms with van der Waals surface area (Å²) in [5, 5.41) is 0. The Morgan fingerprint density at radius 3 is 0.839 bits per heavy atom. The maximum atomic E-state index is 6.17. The van der Waals surface area contributed by atoms with Crippen molar-refractivity contribution < 1.29 is 95.3 Å². The minimum absolute atomic E-state index is 0. The van der Waals surface area contributed by atoms with Gasteiger partial charge in [-0.05, 0) is 98.5 Å². The van der Waals surface area contributed by atoms with E-state index >= 15 is 0 Å². The zero-order valence-corrected chi connectivity index (χ0v) is 44.2. The van der Waals surface area contributed by atoms with Crippen LogP contribution in [0.1, 0.15) is 100 Å². The van der Waals surface area contributed by atoms with E-state index in [9.17, 15) is 0 Å². The van der Waals surface area contributed by atoms with Crippen molar-refractivity contribution in [3.8, 4) is 35.2 Å². The van der Waals surface area contributed by atoms with Crippen molar-refractivity contribution in [2.24, 2.45) is 0 Å². The van der Waals surface area contributed by atoms with E-state index < -0.39 is 0 Å². The van der Waals surface area contributed by atoms with Crippen molar-refractivity contribution in [1.29, 1.82) is 0 Å². The van der Waals surface area contributed by atoms with E-state index in [1.807, 2.05) is 0 Å². The van der Waals surface area contributed by atoms with E-state index in [0.29, 0.717) is 0 Å². The summed E-state index contributed by atoms with van der Waals surface area (Å²) >= 11 is 0. The van der Waals surface area contributed by atoms with Crippen LogP contribution in [0.3, 0.4) is 0 Å². The molecule has 62 heavy (non-hydrogen) atoms. The van der Waals surface area contributed by atoms with Crippen LogP contribution in [0.5, 0.6) is 11.5 Å². The van der Waals surface area contributed by atoms with Crippen molar-refractivity contribution in [1.82, 2.24) is 0 Å². The van der Waals surface area contributed by atoms with Crippen LogP contribution in [0.2, 0.25) is 0 Å². The minimum atomic E-state index is 0. The van der Waals surface area contributed by atoms with E-state index in [0.717, 1.165) is 59.8 Å². The number of hydrogen-bond donors (Lipinski definition) is 0. The van der Waals surface area contributed by atoms with Gasteiger partial charge in [-0.15, -0.1) is 0 Å². The predicted molar refractivity (Wildman–Crippen MR) is 239 cm³/mol. The van der Waals surface area contributed by atoms with Crippen LogP contribution in [0.15, 0.2) is 72.8 Å². The molecule has 0 N–H and O–H groups in total. The summed E-state index contributed by atoms with van der Waals surface area (Å²) in [6.07, 6.45) is 13.4. The number of hydrogen-bond acceptors (Lipinski definition) is 2. The van der Waals surface area contributed by atoms with Crippen LogP contribution in [-0.2, 0) is 0 Å². The molecule has 4 bridgehead atoms. The van der Waals surface area contributed by atoms with Crippen LogP contribution < -0.4 is 77.4 Å². The van der Waals surface area contributed by atoms with Crippen LogP contribution in [-0.4, -0.2) is 136 Å². The zero-order chi connectivity index (χ0) is 40.0. The maximum Gasteiger partial charge on any atom is 0.129 e. The first-order valence-electron chi connectivity index (χ1n) is 23.4. The van der Waals surface area contributed by atoms with Gasteiger partial charge in [-0.25, -0.2) is 0 Å². The summed E-state index contributed by atoms with van der Waals surface area (Å²) in [4.78, 5) is 0. The van der Waals surface area contributed by atoms with Crippen molar-refractivity contribution in [3.05, 3.63) is 95.1 Å². The van der Waals surface area contributed by atoms with Gasteiger partial charge < -0.3 is 95.3 Å². The highest BCUT2D eigenvalue weighted by Gasteiger charge is 2.49. The number of ether oxygens (including phenoxy) is 2. The molecule has 0 unspecified atom stereocenters. The molecule has 0 amide bonds. The molecule has 10 heteroatoms. The van der Waals surface area contributed by atoms with Crippen molar-refractivity contribution in [3.63, 3.8) is 0 Å². The number of unbranched alkanes of at least 4 members (excludes halogenated alkanes) is 6. The number of benzene rings is 3. The molecule has 6 nitrogen and oxygen atoms in total. The van der Waals surface area contributed by atoms with Gasteiger partial charge in [-0.3, -0.25) is 0 Å². The maximum absolute atomic E-state index is 6.17. The molecule has 6 saturated heterocycles. The standard InChI is InChI=1S/C52H74N4O2.4BrH/c1-3-5-7-9-29-53-33-39-55(40-34-53,41-35-53)31-11-45-57-51-25-21-49(22-26-51)19-17-47-13-15-48(16-14-47)18-20-50-23-27-52(28-24-50)58-46-12-32-56-42-36-54(37-43-56,38-44-56)30-10-8-6-4-2;;;;/h13-16,21-28H,3-12,29-46H2,1-2H3;4*1H/q+4;;;;/p-4. The average Bonchev–Trinajstić information content (AvgIpc) is 3.28. The van der Waals surface area contributed by atoms with Crippen LogP contribution in [0, 0.1) is 23.7 Å². The Balaban J connectivity index is 0.00000256. The second-order valence-corrected chi connectivity index (χ2v) is 18.6. The molecule has 3 aromatic carbocycles. The lowest BCUT2D eigenvalue weighted by Crippen LogP contribution is -3.00. The van der Waals surface area contributed by atoms with E-state index in [1.165, 1.54) is 174 Å². The Morgan fingerprint density at radius 1 is 0.339 bits per heavy atom. The monoisotopic (exact) mass is 1100 g/mol. The van der Waals surface area contributed by atoms with E-state index in [-0.39, 0.29) is 67.9 Å². The first-order chi connectivity index (χ1) is 28.4. The quantitative estimate of drug-likeness (QED) is 0.0667. The fourth-order valence-corrected chi connectivity index (χ4v) is 10.4. The van der Waals surface area contributed by atoms with E-state index in [4.69, 9.17) is 9.47 Å². The number of quaternary nitrogens is 4. The highest BCUT2D eigenvalue weighted by atomic mass is 79.9. The molecule has 3 aromatic rings. The van der Waals surface area contributed by atoms with Crippen molar-refractivity contribution in [2.45, 2.75) is 78.1 Å². The van der Waals surface area contributed by atoms with Gasteiger partial charge in [0.05, 0.1) is 39.4 Å². The van der Waals surface area contributed by atoms with Crippen LogP contribution in [0.25, 0.3) is 0 Å². The smallest absolute Gasteiger partial charge is 0.129 e. The molecule has 6 fully saturated rings. The molecular weight excluding hydrogens is 1030 g/mol. The molecule has 0 spiro atoms. The number of nitrogens with zero attached hydrogens (tertiary/aromatic N) is 4. The van der Waals surface area contributed by atoms with Gasteiger partial charge in [0.2, 0.25) is 0 Å². The molecule has 9 rings (SSSR count). The summed E-state index contributed by atoms with van der Waals surface area (Å²) in [5.74, 6) is 15.1. The molecular formula is C52H74Br4N4O2. The molecule has 0 radical (unpaired) electrons. The molecule has 6 aliphatic heterocycles. The molecule has 6 heterocycles. The second-order valence-electron chi connectivity index (χ2n) is 18.6. The summed E-state index contributed by atoms with van der Waals surface area (Å²) in [6.45, 7) is 28.0. The van der Waals surface area contributed by atoms with E-state index in [1.54, 1.807) is 0 Å². The minimum Gasteiger partial charge on any atom is -1.00 e. The van der Waals surface area contributed by atoms with Crippen LogP contribution >= 0.6 is 0 Å². The van der Waals surface area contributed by atoms with Gasteiger partial charge in [-0.2, -0.15) is 0 Å². The normalized spacial score (nSPS) is 24.0. The summed E-state index contributed by atoms with van der Waals surface area (Å²) in [6, 6.07) is 24.7. The zero-order valence-electron chi connectivity index (χ0n) is 37.8. The summed E-state index contributed by atoms with van der Waals surface area (Å²) in [5.41, 5.74) is 3.96. The molecule has 342 valence electrons. The highest BCUT2D eigenvalue weighted by Crippen LogP contribution is 2.29. The second kappa shape index (κ2) is 26.9. The SMILES string of the molecule is CCCCCC[N+]12CC[N+](CCCOc3ccc(C#Cc4ccc(C#Cc5ccc(OCCC[N+]67CC[N+](CCCCCC)(CC6)CC7)cc5)cc4)cc3)(CC1)CC2.[Br-].[Br-].[Br-].[Br-]. The lowest BCUT2D eigenvalue weighted by molar-refractivity contribution is -1.08. The fraction of sp³-hybridized carbons (Fsp3) is 0.577. The van der Waals surface area contributed by atoms with Crippen molar-refractivity contribution >= 4 is 0 Å². The fourth-order valence-electron chi connectivity index (χ4n) is 10.4. The topological polar surface area (TPSA) is 18.5 Å².